The predicted molar refractivity (Wildman–Crippen MR) is 145 cm³/mol. The quantitative estimate of drug-likeness (QED) is 0.287. The minimum Gasteiger partial charge on any atom is -0.493 e. The lowest BCUT2D eigenvalue weighted by atomic mass is 10.2. The number of carbonyl (C=O) groups excluding carboxylic acids is 1. The van der Waals surface area contributed by atoms with Gasteiger partial charge in [-0.1, -0.05) is 0 Å². The molecule has 5 rings (SSSR count). The van der Waals surface area contributed by atoms with Gasteiger partial charge in [0.05, 0.1) is 32.8 Å². The summed E-state index contributed by atoms with van der Waals surface area (Å²) in [7, 11) is 4.32. The molecule has 14 heteroatoms. The van der Waals surface area contributed by atoms with E-state index in [1.54, 1.807) is 41.3 Å². The predicted octanol–water partition coefficient (Wildman–Crippen LogP) is 2.59. The number of hydrogen-bond acceptors (Lipinski definition) is 9. The third kappa shape index (κ3) is 5.48. The topological polar surface area (TPSA) is 144 Å². The maximum atomic E-state index is 15.1. The molecule has 0 atom stereocenters. The molecular formula is C27H24FN7O6. The van der Waals surface area contributed by atoms with Crippen molar-refractivity contribution < 1.29 is 23.4 Å². The van der Waals surface area contributed by atoms with Crippen molar-refractivity contribution in [2.45, 2.75) is 13.1 Å². The van der Waals surface area contributed by atoms with Crippen molar-refractivity contribution in [3.63, 3.8) is 0 Å². The van der Waals surface area contributed by atoms with Crippen molar-refractivity contribution in [3.8, 4) is 23.0 Å². The summed E-state index contributed by atoms with van der Waals surface area (Å²) >= 11 is 0. The summed E-state index contributed by atoms with van der Waals surface area (Å²) in [5.74, 6) is -0.563. The Hall–Kier alpha value is -5.53. The van der Waals surface area contributed by atoms with Gasteiger partial charge in [0.15, 0.2) is 23.1 Å². The smallest absolute Gasteiger partial charge is 0.347 e. The van der Waals surface area contributed by atoms with Crippen LogP contribution in [0.3, 0.4) is 0 Å². The third-order valence-corrected chi connectivity index (χ3v) is 6.15. The number of hydrogen-bond donors (Lipinski definition) is 1. The summed E-state index contributed by atoms with van der Waals surface area (Å²) in [6.45, 7) is 0.200. The third-order valence-electron chi connectivity index (χ3n) is 6.15. The Labute approximate surface area is 231 Å². The highest BCUT2D eigenvalue weighted by molar-refractivity contribution is 6.02. The van der Waals surface area contributed by atoms with Crippen LogP contribution in [0.1, 0.15) is 10.5 Å². The number of ether oxygens (including phenoxy) is 3. The lowest BCUT2D eigenvalue weighted by molar-refractivity contribution is 0.101. The largest absolute Gasteiger partial charge is 0.493 e. The van der Waals surface area contributed by atoms with Gasteiger partial charge in [0, 0.05) is 48.8 Å². The Morgan fingerprint density at radius 3 is 2.46 bits per heavy atom. The van der Waals surface area contributed by atoms with Crippen LogP contribution in [0.15, 0.2) is 70.6 Å². The average molecular weight is 562 g/mol. The number of carbonyl (C=O) groups is 1. The number of anilines is 1. The zero-order valence-corrected chi connectivity index (χ0v) is 22.2. The number of nitrogens with one attached hydrogen (secondary N) is 1. The van der Waals surface area contributed by atoms with Crippen molar-refractivity contribution in [1.82, 2.24) is 29.1 Å². The number of fused-ring (bicyclic) bond motifs is 1. The number of aromatic nitrogens is 6. The van der Waals surface area contributed by atoms with E-state index in [1.807, 2.05) is 0 Å². The molecule has 0 saturated carbocycles. The lowest BCUT2D eigenvalue weighted by Crippen LogP contribution is -2.45. The second-order valence-corrected chi connectivity index (χ2v) is 8.72. The zero-order valence-electron chi connectivity index (χ0n) is 22.2. The molecule has 0 aliphatic rings. The molecule has 0 aliphatic carbocycles. The van der Waals surface area contributed by atoms with Crippen molar-refractivity contribution >= 4 is 22.5 Å². The van der Waals surface area contributed by atoms with E-state index >= 15 is 4.39 Å². The van der Waals surface area contributed by atoms with Gasteiger partial charge in [0.1, 0.15) is 5.75 Å². The molecule has 0 unspecified atom stereocenters. The van der Waals surface area contributed by atoms with Crippen LogP contribution in [0, 0.1) is 5.82 Å². The number of rotatable bonds is 9. The van der Waals surface area contributed by atoms with Crippen LogP contribution in [0.4, 0.5) is 10.1 Å². The lowest BCUT2D eigenvalue weighted by Gasteiger charge is -2.13. The van der Waals surface area contributed by atoms with E-state index in [9.17, 15) is 14.4 Å². The molecule has 1 amide bonds. The molecule has 0 fully saturated rings. The first-order valence-corrected chi connectivity index (χ1v) is 12.2. The monoisotopic (exact) mass is 561 g/mol. The number of methoxy groups -OCH3 is 2. The molecule has 2 aromatic carbocycles. The van der Waals surface area contributed by atoms with Crippen molar-refractivity contribution in [3.05, 3.63) is 93.4 Å². The standard InChI is InChI=1S/C27H24FN7O6/c1-33-27(38)35(12-11-34-10-4-8-30-34)26(37)24(32-33)25(36)31-16-5-6-21(18(28)13-16)41-20-7-9-29-19-15-23(40-3)22(39-2)14-17(19)20/h4-10,13-15H,11-12H2,1-3H3,(H,31,36). The van der Waals surface area contributed by atoms with Crippen LogP contribution < -0.4 is 30.8 Å². The highest BCUT2D eigenvalue weighted by Gasteiger charge is 2.20. The minimum atomic E-state index is -0.910. The van der Waals surface area contributed by atoms with E-state index in [4.69, 9.17) is 14.2 Å². The van der Waals surface area contributed by atoms with Gasteiger partial charge in [0.25, 0.3) is 11.5 Å². The zero-order chi connectivity index (χ0) is 29.1. The van der Waals surface area contributed by atoms with Crippen LogP contribution in [-0.2, 0) is 20.1 Å². The number of aryl methyl sites for hydroxylation is 2. The van der Waals surface area contributed by atoms with E-state index in [2.05, 4.69) is 20.5 Å². The van der Waals surface area contributed by atoms with Gasteiger partial charge in [0.2, 0.25) is 5.69 Å². The molecule has 3 heterocycles. The number of benzene rings is 2. The molecule has 0 spiro atoms. The molecule has 0 bridgehead atoms. The van der Waals surface area contributed by atoms with Crippen LogP contribution in [-0.4, -0.2) is 49.2 Å². The van der Waals surface area contributed by atoms with Crippen molar-refractivity contribution in [1.29, 1.82) is 0 Å². The van der Waals surface area contributed by atoms with Gasteiger partial charge in [-0.25, -0.2) is 13.9 Å². The molecule has 5 aromatic rings. The number of amides is 1. The summed E-state index contributed by atoms with van der Waals surface area (Å²) in [4.78, 5) is 42.6. The van der Waals surface area contributed by atoms with Gasteiger partial charge in [-0.3, -0.25) is 23.8 Å². The first kappa shape index (κ1) is 27.1. The average Bonchev–Trinajstić information content (AvgIpc) is 3.49. The Morgan fingerprint density at radius 1 is 0.976 bits per heavy atom. The highest BCUT2D eigenvalue weighted by atomic mass is 19.1. The van der Waals surface area contributed by atoms with E-state index < -0.39 is 28.7 Å². The van der Waals surface area contributed by atoms with Crippen LogP contribution in [0.2, 0.25) is 0 Å². The summed E-state index contributed by atoms with van der Waals surface area (Å²) < 4.78 is 34.9. The van der Waals surface area contributed by atoms with Crippen LogP contribution in [0.25, 0.3) is 10.9 Å². The van der Waals surface area contributed by atoms with Gasteiger partial charge < -0.3 is 19.5 Å². The summed E-state index contributed by atoms with van der Waals surface area (Å²) in [5.41, 5.74) is -1.50. The number of nitrogens with zero attached hydrogens (tertiary/aromatic N) is 6. The summed E-state index contributed by atoms with van der Waals surface area (Å²) in [6, 6.07) is 10.4. The Balaban J connectivity index is 1.37. The molecule has 13 nitrogen and oxygen atoms in total. The van der Waals surface area contributed by atoms with Crippen molar-refractivity contribution in [2.24, 2.45) is 7.05 Å². The Morgan fingerprint density at radius 2 is 1.76 bits per heavy atom. The first-order chi connectivity index (χ1) is 19.8. The molecule has 0 radical (unpaired) electrons. The second kappa shape index (κ2) is 11.3. The van der Waals surface area contributed by atoms with E-state index in [-0.39, 0.29) is 24.5 Å². The van der Waals surface area contributed by atoms with Gasteiger partial charge in [-0.2, -0.15) is 10.2 Å². The maximum absolute atomic E-state index is 15.1. The van der Waals surface area contributed by atoms with Gasteiger partial charge in [-0.15, -0.1) is 0 Å². The van der Waals surface area contributed by atoms with E-state index in [0.29, 0.717) is 28.2 Å². The van der Waals surface area contributed by atoms with Crippen LogP contribution in [0.5, 0.6) is 23.0 Å². The minimum absolute atomic E-state index is 0.0288. The van der Waals surface area contributed by atoms with Gasteiger partial charge >= 0.3 is 5.69 Å². The van der Waals surface area contributed by atoms with Gasteiger partial charge in [-0.05, 0) is 30.3 Å². The Kier molecular flexibility index (Phi) is 7.45. The Bertz CT molecular complexity index is 1870. The van der Waals surface area contributed by atoms with E-state index in [1.165, 1.54) is 39.6 Å². The maximum Gasteiger partial charge on any atom is 0.347 e. The summed E-state index contributed by atoms with van der Waals surface area (Å²) in [5, 5.41) is 10.9. The molecule has 1 N–H and O–H groups in total. The van der Waals surface area contributed by atoms with Crippen molar-refractivity contribution in [2.75, 3.05) is 19.5 Å². The van der Waals surface area contributed by atoms with Crippen LogP contribution >= 0.6 is 0 Å². The fourth-order valence-corrected chi connectivity index (χ4v) is 4.11. The van der Waals surface area contributed by atoms with E-state index in [0.717, 1.165) is 15.3 Å². The summed E-state index contributed by atoms with van der Waals surface area (Å²) in [6.07, 6.45) is 4.76. The first-order valence-electron chi connectivity index (χ1n) is 12.2. The molecule has 3 aromatic heterocycles. The number of halogens is 1. The second-order valence-electron chi connectivity index (χ2n) is 8.72. The molecule has 210 valence electrons. The fourth-order valence-electron chi connectivity index (χ4n) is 4.11. The molecule has 0 saturated heterocycles. The molecular weight excluding hydrogens is 537 g/mol. The fraction of sp³-hybridized carbons (Fsp3) is 0.185. The number of pyridine rings is 1. The SMILES string of the molecule is COc1cc2nccc(Oc3ccc(NC(=O)c4nn(C)c(=O)n(CCn5cccn5)c4=O)cc3F)c2cc1OC. The normalized spacial score (nSPS) is 10.9. The molecule has 41 heavy (non-hydrogen) atoms. The molecule has 0 aliphatic heterocycles. The highest BCUT2D eigenvalue weighted by Crippen LogP contribution is 2.37.